The van der Waals surface area contributed by atoms with Crippen molar-refractivity contribution in [2.75, 3.05) is 0 Å². The van der Waals surface area contributed by atoms with E-state index in [0.717, 1.165) is 121 Å². The van der Waals surface area contributed by atoms with E-state index in [1.165, 1.54) is 0 Å². The summed E-state index contributed by atoms with van der Waals surface area (Å²) < 4.78 is 24.7. The van der Waals surface area contributed by atoms with Gasteiger partial charge in [-0.25, -0.2) is 0 Å². The number of pyridine rings is 2. The average molecular weight is 669 g/mol. The Morgan fingerprint density at radius 1 is 0.250 bits per heavy atom. The third kappa shape index (κ3) is 4.00. The van der Waals surface area contributed by atoms with Crippen molar-refractivity contribution >= 4 is 87.8 Å². The van der Waals surface area contributed by atoms with Crippen LogP contribution in [0.4, 0.5) is 0 Å². The third-order valence-corrected chi connectivity index (χ3v) is 10.5. The molecule has 6 nitrogen and oxygen atoms in total. The normalized spacial score (nSPS) is 12.2. The molecule has 0 aliphatic carbocycles. The molecule has 0 saturated carbocycles. The van der Waals surface area contributed by atoms with Crippen molar-refractivity contribution in [3.05, 3.63) is 146 Å². The van der Waals surface area contributed by atoms with Crippen molar-refractivity contribution in [1.82, 2.24) is 9.97 Å². The topological polar surface area (TPSA) is 78.3 Å². The Hall–Kier alpha value is -7.18. The molecule has 6 aromatic heterocycles. The molecule has 6 heteroatoms. The van der Waals surface area contributed by atoms with Crippen LogP contribution in [0.1, 0.15) is 0 Å². The Morgan fingerprint density at radius 2 is 0.500 bits per heavy atom. The fourth-order valence-electron chi connectivity index (χ4n) is 7.90. The Bertz CT molecular complexity index is 3200. The first-order valence-corrected chi connectivity index (χ1v) is 17.2. The fourth-order valence-corrected chi connectivity index (χ4v) is 7.90. The van der Waals surface area contributed by atoms with Gasteiger partial charge in [-0.05, 0) is 118 Å². The predicted octanol–water partition coefficient (Wildman–Crippen LogP) is 13.1. The van der Waals surface area contributed by atoms with Crippen LogP contribution in [0.3, 0.4) is 0 Å². The first-order valence-electron chi connectivity index (χ1n) is 17.2. The molecule has 242 valence electrons. The molecule has 0 fully saturated rings. The van der Waals surface area contributed by atoms with Crippen LogP contribution in [0.2, 0.25) is 0 Å². The molecule has 0 spiro atoms. The summed E-state index contributed by atoms with van der Waals surface area (Å²) in [5.74, 6) is 0. The highest BCUT2D eigenvalue weighted by Crippen LogP contribution is 2.40. The highest BCUT2D eigenvalue weighted by molar-refractivity contribution is 6.11. The van der Waals surface area contributed by atoms with Gasteiger partial charge in [0.25, 0.3) is 0 Å². The lowest BCUT2D eigenvalue weighted by Crippen LogP contribution is -1.80. The van der Waals surface area contributed by atoms with Gasteiger partial charge in [0.1, 0.15) is 33.5 Å². The van der Waals surface area contributed by atoms with Crippen LogP contribution in [0.15, 0.2) is 164 Å². The van der Waals surface area contributed by atoms with E-state index in [2.05, 4.69) is 107 Å². The molecule has 12 aromatic rings. The molecule has 0 bridgehead atoms. The lowest BCUT2D eigenvalue weighted by Gasteiger charge is -2.04. The molecule has 0 saturated heterocycles. The van der Waals surface area contributed by atoms with Gasteiger partial charge in [-0.3, -0.25) is 9.97 Å². The smallest absolute Gasteiger partial charge is 0.153 e. The standard InChI is InChI=1S/C46H24N2O4/c1-7-39-33(31-13-15-47-23-45(31)51-39)17-25(1)27-3-9-41-35(19-27)37-21-29(5-11-43(37)49-41)30-6-12-44-38(22-30)36-20-28(4-10-42(36)50-44)26-2-8-40-34(18-26)32-14-16-48-24-46(32)52-40/h1-24H. The molecule has 12 rings (SSSR count). The second-order valence-corrected chi connectivity index (χ2v) is 13.4. The number of aromatic nitrogens is 2. The lowest BCUT2D eigenvalue weighted by atomic mass is 9.98. The van der Waals surface area contributed by atoms with E-state index in [4.69, 9.17) is 17.7 Å². The first-order chi connectivity index (χ1) is 25.7. The second kappa shape index (κ2) is 10.2. The summed E-state index contributed by atoms with van der Waals surface area (Å²) in [4.78, 5) is 8.43. The van der Waals surface area contributed by atoms with Gasteiger partial charge in [0.2, 0.25) is 0 Å². The molecule has 0 radical (unpaired) electrons. The van der Waals surface area contributed by atoms with Crippen LogP contribution < -0.4 is 0 Å². The number of fused-ring (bicyclic) bond motifs is 12. The zero-order valence-corrected chi connectivity index (χ0v) is 27.4. The lowest BCUT2D eigenvalue weighted by molar-refractivity contribution is 0.666. The molecule has 6 heterocycles. The molecule has 0 aliphatic heterocycles. The van der Waals surface area contributed by atoms with Crippen molar-refractivity contribution < 1.29 is 17.7 Å². The number of hydrogen-bond donors (Lipinski definition) is 0. The van der Waals surface area contributed by atoms with Gasteiger partial charge in [-0.1, -0.05) is 36.4 Å². The largest absolute Gasteiger partial charge is 0.456 e. The Labute approximate surface area is 294 Å². The highest BCUT2D eigenvalue weighted by Gasteiger charge is 2.15. The summed E-state index contributed by atoms with van der Waals surface area (Å²) in [6.45, 7) is 0. The molecule has 0 atom stereocenters. The maximum absolute atomic E-state index is 6.32. The molecular formula is C46H24N2O4. The summed E-state index contributed by atoms with van der Waals surface area (Å²) in [6, 6.07) is 42.4. The molecule has 0 N–H and O–H groups in total. The summed E-state index contributed by atoms with van der Waals surface area (Å²) in [6.07, 6.45) is 7.14. The Kier molecular flexibility index (Phi) is 5.41. The minimum atomic E-state index is 0.791. The van der Waals surface area contributed by atoms with Crippen LogP contribution >= 0.6 is 0 Å². The predicted molar refractivity (Wildman–Crippen MR) is 207 cm³/mol. The van der Waals surface area contributed by atoms with E-state index >= 15 is 0 Å². The quantitative estimate of drug-likeness (QED) is 0.186. The van der Waals surface area contributed by atoms with Gasteiger partial charge >= 0.3 is 0 Å². The maximum Gasteiger partial charge on any atom is 0.153 e. The highest BCUT2D eigenvalue weighted by atomic mass is 16.3. The van der Waals surface area contributed by atoms with Crippen molar-refractivity contribution in [2.24, 2.45) is 0 Å². The van der Waals surface area contributed by atoms with Gasteiger partial charge < -0.3 is 17.7 Å². The van der Waals surface area contributed by atoms with Crippen LogP contribution in [0.5, 0.6) is 0 Å². The van der Waals surface area contributed by atoms with Crippen molar-refractivity contribution in [3.8, 4) is 33.4 Å². The molecule has 0 aliphatic rings. The van der Waals surface area contributed by atoms with Crippen molar-refractivity contribution in [1.29, 1.82) is 0 Å². The van der Waals surface area contributed by atoms with Crippen LogP contribution in [-0.4, -0.2) is 9.97 Å². The molecule has 0 unspecified atom stereocenters. The SMILES string of the molecule is c1cc2c(cn1)oc1ccc(-c3ccc4oc5ccc(-c6ccc7oc8ccc(-c9ccc%10oc%11cnccc%11c%10c9)cc8c7c6)cc5c4c3)cc12. The third-order valence-electron chi connectivity index (χ3n) is 10.5. The maximum atomic E-state index is 6.32. The summed E-state index contributed by atoms with van der Waals surface area (Å²) in [7, 11) is 0. The van der Waals surface area contributed by atoms with Gasteiger partial charge in [0.05, 0.1) is 12.4 Å². The monoisotopic (exact) mass is 668 g/mol. The van der Waals surface area contributed by atoms with E-state index in [9.17, 15) is 0 Å². The van der Waals surface area contributed by atoms with Crippen LogP contribution in [0.25, 0.3) is 121 Å². The van der Waals surface area contributed by atoms with Crippen molar-refractivity contribution in [2.45, 2.75) is 0 Å². The molecule has 6 aromatic carbocycles. The van der Waals surface area contributed by atoms with Gasteiger partial charge in [-0.15, -0.1) is 0 Å². The summed E-state index contributed by atoms with van der Waals surface area (Å²) in [5, 5.41) is 8.59. The van der Waals surface area contributed by atoms with E-state index < -0.39 is 0 Å². The van der Waals surface area contributed by atoms with Crippen molar-refractivity contribution in [3.63, 3.8) is 0 Å². The zero-order valence-electron chi connectivity index (χ0n) is 27.4. The number of hydrogen-bond acceptors (Lipinski definition) is 6. The van der Waals surface area contributed by atoms with Gasteiger partial charge in [0.15, 0.2) is 11.2 Å². The Morgan fingerprint density at radius 3 is 0.788 bits per heavy atom. The number of benzene rings is 6. The van der Waals surface area contributed by atoms with E-state index in [1.54, 1.807) is 24.8 Å². The van der Waals surface area contributed by atoms with Gasteiger partial charge in [0, 0.05) is 55.5 Å². The van der Waals surface area contributed by atoms with E-state index in [1.807, 2.05) is 24.3 Å². The number of furan rings is 4. The first kappa shape index (κ1) is 27.6. The van der Waals surface area contributed by atoms with Crippen LogP contribution in [-0.2, 0) is 0 Å². The molecule has 52 heavy (non-hydrogen) atoms. The number of rotatable bonds is 3. The summed E-state index contributed by atoms with van der Waals surface area (Å²) >= 11 is 0. The van der Waals surface area contributed by atoms with E-state index in [0.29, 0.717) is 0 Å². The minimum absolute atomic E-state index is 0.791. The zero-order chi connectivity index (χ0) is 33.9. The molecule has 0 amide bonds. The second-order valence-electron chi connectivity index (χ2n) is 13.4. The Balaban J connectivity index is 0.957. The number of nitrogens with zero attached hydrogens (tertiary/aromatic N) is 2. The van der Waals surface area contributed by atoms with E-state index in [-0.39, 0.29) is 0 Å². The van der Waals surface area contributed by atoms with Crippen LogP contribution in [0, 0.1) is 0 Å². The molecular weight excluding hydrogens is 645 g/mol. The summed E-state index contributed by atoms with van der Waals surface area (Å²) in [5.41, 5.74) is 13.4. The van der Waals surface area contributed by atoms with Gasteiger partial charge in [-0.2, -0.15) is 0 Å². The average Bonchev–Trinajstić information content (AvgIpc) is 3.96. The minimum Gasteiger partial charge on any atom is -0.456 e. The fraction of sp³-hybridized carbons (Fsp3) is 0.